The number of aromatic nitrogens is 1. The van der Waals surface area contributed by atoms with Gasteiger partial charge >= 0.3 is 11.4 Å². The maximum absolute atomic E-state index is 11.2. The van der Waals surface area contributed by atoms with Gasteiger partial charge in [0.25, 0.3) is 0 Å². The van der Waals surface area contributed by atoms with E-state index in [1.807, 2.05) is 6.92 Å². The molecule has 0 aliphatic rings. The maximum Gasteiger partial charge on any atom is 0.422 e. The molecule has 0 aromatic carbocycles. The first-order valence-electron chi connectivity index (χ1n) is 3.85. The van der Waals surface area contributed by atoms with Crippen molar-refractivity contribution in [2.75, 3.05) is 0 Å². The van der Waals surface area contributed by atoms with Crippen molar-refractivity contribution in [2.45, 2.75) is 13.5 Å². The van der Waals surface area contributed by atoms with E-state index < -0.39 is 11.4 Å². The Kier molecular flexibility index (Phi) is 1.81. The first-order chi connectivity index (χ1) is 6.24. The fourth-order valence-electron chi connectivity index (χ4n) is 1.21. The Balaban J connectivity index is 3.06. The number of rotatable bonds is 1. The zero-order valence-corrected chi connectivity index (χ0v) is 7.76. The van der Waals surface area contributed by atoms with Crippen LogP contribution in [0.1, 0.15) is 6.92 Å². The summed E-state index contributed by atoms with van der Waals surface area (Å²) in [7, 11) is 0. The molecule has 2 heterocycles. The molecule has 68 valence electrons. The Bertz CT molecular complexity index is 548. The van der Waals surface area contributed by atoms with Gasteiger partial charge in [-0.25, -0.2) is 9.59 Å². The fraction of sp³-hybridized carbons (Fsp3) is 0.250. The second kappa shape index (κ2) is 2.85. The summed E-state index contributed by atoms with van der Waals surface area (Å²) in [5.41, 5.74) is -0.550. The van der Waals surface area contributed by atoms with Crippen LogP contribution in [-0.4, -0.2) is 4.57 Å². The van der Waals surface area contributed by atoms with Crippen LogP contribution in [0.2, 0.25) is 0 Å². The molecule has 0 aliphatic heterocycles. The van der Waals surface area contributed by atoms with Crippen LogP contribution >= 0.6 is 11.3 Å². The van der Waals surface area contributed by atoms with E-state index in [1.54, 1.807) is 11.4 Å². The van der Waals surface area contributed by atoms with Crippen molar-refractivity contribution in [3.05, 3.63) is 32.4 Å². The number of hydrogen-bond acceptors (Lipinski definition) is 4. The zero-order valence-electron chi connectivity index (χ0n) is 6.94. The predicted octanol–water partition coefficient (Wildman–Crippen LogP) is 1.04. The SMILES string of the molecule is CCn1c(=O)oc(=O)c2ccsc21. The summed E-state index contributed by atoms with van der Waals surface area (Å²) >= 11 is 1.37. The van der Waals surface area contributed by atoms with Gasteiger partial charge in [0.1, 0.15) is 4.83 Å². The van der Waals surface area contributed by atoms with Crippen molar-refractivity contribution >= 4 is 21.6 Å². The molecule has 0 bridgehead atoms. The van der Waals surface area contributed by atoms with E-state index in [9.17, 15) is 9.59 Å². The first-order valence-corrected chi connectivity index (χ1v) is 4.73. The molecular weight excluding hydrogens is 190 g/mol. The molecule has 0 spiro atoms. The lowest BCUT2D eigenvalue weighted by molar-refractivity contribution is 0.422. The molecule has 5 heteroatoms. The van der Waals surface area contributed by atoms with Crippen LogP contribution in [0.4, 0.5) is 0 Å². The molecule has 2 aromatic heterocycles. The van der Waals surface area contributed by atoms with Crippen molar-refractivity contribution in [2.24, 2.45) is 0 Å². The average Bonchev–Trinajstić information content (AvgIpc) is 2.53. The highest BCUT2D eigenvalue weighted by Crippen LogP contribution is 2.14. The van der Waals surface area contributed by atoms with Crippen LogP contribution in [0.25, 0.3) is 10.2 Å². The molecule has 0 radical (unpaired) electrons. The number of nitrogens with zero attached hydrogens (tertiary/aromatic N) is 1. The monoisotopic (exact) mass is 197 g/mol. The quantitative estimate of drug-likeness (QED) is 0.686. The van der Waals surface area contributed by atoms with Gasteiger partial charge < -0.3 is 4.42 Å². The van der Waals surface area contributed by atoms with Gasteiger partial charge in [-0.15, -0.1) is 11.3 Å². The second-order valence-electron chi connectivity index (χ2n) is 2.54. The minimum absolute atomic E-state index is 0.478. The minimum atomic E-state index is -0.581. The molecule has 0 saturated heterocycles. The first kappa shape index (κ1) is 8.25. The van der Waals surface area contributed by atoms with E-state index in [1.165, 1.54) is 15.9 Å². The lowest BCUT2D eigenvalue weighted by Gasteiger charge is -1.99. The molecule has 0 N–H and O–H groups in total. The van der Waals surface area contributed by atoms with Crippen LogP contribution in [0.5, 0.6) is 0 Å². The van der Waals surface area contributed by atoms with Gasteiger partial charge in [0, 0.05) is 6.54 Å². The Morgan fingerprint density at radius 1 is 1.54 bits per heavy atom. The van der Waals surface area contributed by atoms with E-state index in [2.05, 4.69) is 4.42 Å². The van der Waals surface area contributed by atoms with E-state index in [-0.39, 0.29) is 0 Å². The molecule has 0 amide bonds. The summed E-state index contributed by atoms with van der Waals surface area (Å²) in [4.78, 5) is 23.0. The van der Waals surface area contributed by atoms with Gasteiger partial charge in [0.05, 0.1) is 5.39 Å². The third-order valence-electron chi connectivity index (χ3n) is 1.83. The highest BCUT2D eigenvalue weighted by Gasteiger charge is 2.08. The van der Waals surface area contributed by atoms with Crippen molar-refractivity contribution < 1.29 is 4.42 Å². The van der Waals surface area contributed by atoms with Gasteiger partial charge in [-0.1, -0.05) is 0 Å². The summed E-state index contributed by atoms with van der Waals surface area (Å²) < 4.78 is 5.98. The van der Waals surface area contributed by atoms with Gasteiger partial charge in [-0.2, -0.15) is 0 Å². The molecule has 0 atom stereocenters. The van der Waals surface area contributed by atoms with Gasteiger partial charge in [0.15, 0.2) is 0 Å². The third-order valence-corrected chi connectivity index (χ3v) is 2.76. The Labute approximate surface area is 77.0 Å². The molecule has 0 fully saturated rings. The number of hydrogen-bond donors (Lipinski definition) is 0. The molecule has 4 nitrogen and oxygen atoms in total. The predicted molar refractivity (Wildman–Crippen MR) is 50.3 cm³/mol. The lowest BCUT2D eigenvalue weighted by atomic mass is 10.4. The largest absolute Gasteiger partial charge is 0.422 e. The molecule has 0 saturated carbocycles. The third kappa shape index (κ3) is 1.12. The molecular formula is C8H7NO3S. The van der Waals surface area contributed by atoms with Crippen LogP contribution < -0.4 is 11.4 Å². The van der Waals surface area contributed by atoms with Crippen LogP contribution in [0.3, 0.4) is 0 Å². The summed E-state index contributed by atoms with van der Waals surface area (Å²) in [5.74, 6) is -0.581. The van der Waals surface area contributed by atoms with Crippen LogP contribution in [0.15, 0.2) is 25.5 Å². The van der Waals surface area contributed by atoms with Crippen molar-refractivity contribution in [3.8, 4) is 0 Å². The van der Waals surface area contributed by atoms with E-state index >= 15 is 0 Å². The fourth-order valence-corrected chi connectivity index (χ4v) is 2.15. The Morgan fingerprint density at radius 3 is 3.00 bits per heavy atom. The van der Waals surface area contributed by atoms with Crippen molar-refractivity contribution in [1.82, 2.24) is 4.57 Å². The maximum atomic E-state index is 11.2. The van der Waals surface area contributed by atoms with Gasteiger partial charge in [0.2, 0.25) is 0 Å². The van der Waals surface area contributed by atoms with E-state index in [0.29, 0.717) is 16.8 Å². The number of thiophene rings is 1. The van der Waals surface area contributed by atoms with Gasteiger partial charge in [-0.05, 0) is 18.4 Å². The number of fused-ring (bicyclic) bond motifs is 1. The molecule has 0 unspecified atom stereocenters. The number of aryl methyl sites for hydroxylation is 1. The van der Waals surface area contributed by atoms with Gasteiger partial charge in [-0.3, -0.25) is 4.57 Å². The van der Waals surface area contributed by atoms with Crippen LogP contribution in [0, 0.1) is 0 Å². The van der Waals surface area contributed by atoms with Crippen LogP contribution in [-0.2, 0) is 6.54 Å². The molecule has 13 heavy (non-hydrogen) atoms. The normalized spacial score (nSPS) is 10.8. The smallest absolute Gasteiger partial charge is 0.372 e. The lowest BCUT2D eigenvalue weighted by Crippen LogP contribution is -2.23. The molecule has 0 aliphatic carbocycles. The molecule has 2 aromatic rings. The van der Waals surface area contributed by atoms with E-state index in [0.717, 1.165) is 0 Å². The molecule has 2 rings (SSSR count). The zero-order chi connectivity index (χ0) is 9.42. The average molecular weight is 197 g/mol. The summed E-state index contributed by atoms with van der Waals surface area (Å²) in [6, 6.07) is 1.66. The summed E-state index contributed by atoms with van der Waals surface area (Å²) in [6.07, 6.45) is 0. The Morgan fingerprint density at radius 2 is 2.31 bits per heavy atom. The topological polar surface area (TPSA) is 52.2 Å². The summed E-state index contributed by atoms with van der Waals surface area (Å²) in [5, 5.41) is 2.25. The Hall–Kier alpha value is -1.36. The van der Waals surface area contributed by atoms with Crippen molar-refractivity contribution in [1.29, 1.82) is 0 Å². The van der Waals surface area contributed by atoms with E-state index in [4.69, 9.17) is 0 Å². The minimum Gasteiger partial charge on any atom is -0.372 e. The second-order valence-corrected chi connectivity index (χ2v) is 3.43. The van der Waals surface area contributed by atoms with Crippen molar-refractivity contribution in [3.63, 3.8) is 0 Å². The highest BCUT2D eigenvalue weighted by atomic mass is 32.1. The highest BCUT2D eigenvalue weighted by molar-refractivity contribution is 7.16. The summed E-state index contributed by atoms with van der Waals surface area (Å²) in [6.45, 7) is 2.35. The standard InChI is InChI=1S/C8H7NO3S/c1-2-9-6-5(3-4-13-6)7(10)12-8(9)11/h3-4H,2H2,1H3.